The third-order valence-corrected chi connectivity index (χ3v) is 5.07. The predicted octanol–water partition coefficient (Wildman–Crippen LogP) is 2.45. The SMILES string of the molecule is CNS(=O)(=O)c1ccc(C(=O)OCCOc2c(C)cccc2C)cc1. The standard InChI is InChI=1S/C18H21NO5S/c1-13-5-4-6-14(2)17(13)23-11-12-24-18(20)15-7-9-16(10-8-15)25(21,22)19-3/h4-10,19H,11-12H2,1-3H3. The topological polar surface area (TPSA) is 81.7 Å². The van der Waals surface area contributed by atoms with E-state index >= 15 is 0 Å². The highest BCUT2D eigenvalue weighted by Gasteiger charge is 2.13. The Kier molecular flexibility index (Phi) is 6.17. The molecular formula is C18H21NO5S. The molecule has 2 aromatic carbocycles. The second-order valence-electron chi connectivity index (χ2n) is 5.44. The van der Waals surface area contributed by atoms with Gasteiger partial charge < -0.3 is 9.47 Å². The van der Waals surface area contributed by atoms with Crippen LogP contribution in [0.15, 0.2) is 47.4 Å². The van der Waals surface area contributed by atoms with Crippen molar-refractivity contribution < 1.29 is 22.7 Å². The zero-order valence-electron chi connectivity index (χ0n) is 14.4. The summed E-state index contributed by atoms with van der Waals surface area (Å²) in [5.41, 5.74) is 2.32. The molecular weight excluding hydrogens is 342 g/mol. The van der Waals surface area contributed by atoms with Gasteiger partial charge in [-0.1, -0.05) is 18.2 Å². The number of carbonyl (C=O) groups is 1. The number of ether oxygens (including phenoxy) is 2. The van der Waals surface area contributed by atoms with E-state index in [0.717, 1.165) is 16.9 Å². The Morgan fingerprint density at radius 1 is 1.00 bits per heavy atom. The van der Waals surface area contributed by atoms with Crippen molar-refractivity contribution in [1.82, 2.24) is 4.72 Å². The van der Waals surface area contributed by atoms with E-state index in [4.69, 9.17) is 9.47 Å². The molecule has 0 saturated carbocycles. The first-order valence-electron chi connectivity index (χ1n) is 7.75. The molecule has 25 heavy (non-hydrogen) atoms. The van der Waals surface area contributed by atoms with Crippen LogP contribution in [-0.2, 0) is 14.8 Å². The Balaban J connectivity index is 1.88. The molecule has 0 atom stereocenters. The average Bonchev–Trinajstić information content (AvgIpc) is 2.60. The zero-order chi connectivity index (χ0) is 18.4. The summed E-state index contributed by atoms with van der Waals surface area (Å²) in [6.07, 6.45) is 0. The molecule has 7 heteroatoms. The number of hydrogen-bond acceptors (Lipinski definition) is 5. The normalized spacial score (nSPS) is 11.2. The van der Waals surface area contributed by atoms with Crippen molar-refractivity contribution in [3.8, 4) is 5.75 Å². The molecule has 0 saturated heterocycles. The van der Waals surface area contributed by atoms with E-state index in [1.54, 1.807) is 0 Å². The first-order valence-corrected chi connectivity index (χ1v) is 9.23. The van der Waals surface area contributed by atoms with E-state index < -0.39 is 16.0 Å². The molecule has 0 aromatic heterocycles. The molecule has 2 aromatic rings. The lowest BCUT2D eigenvalue weighted by atomic mass is 10.1. The number of para-hydroxylation sites is 1. The van der Waals surface area contributed by atoms with Crippen LogP contribution in [0.5, 0.6) is 5.75 Å². The van der Waals surface area contributed by atoms with Gasteiger partial charge in [-0.25, -0.2) is 17.9 Å². The van der Waals surface area contributed by atoms with Gasteiger partial charge in [0.1, 0.15) is 19.0 Å². The summed E-state index contributed by atoms with van der Waals surface area (Å²) in [7, 11) is -2.20. The molecule has 0 unspecified atom stereocenters. The van der Waals surface area contributed by atoms with Gasteiger partial charge in [0, 0.05) is 0 Å². The van der Waals surface area contributed by atoms with Crippen LogP contribution < -0.4 is 9.46 Å². The van der Waals surface area contributed by atoms with E-state index in [9.17, 15) is 13.2 Å². The minimum absolute atomic E-state index is 0.0879. The first-order chi connectivity index (χ1) is 11.8. The second-order valence-corrected chi connectivity index (χ2v) is 7.32. The molecule has 0 amide bonds. The van der Waals surface area contributed by atoms with Gasteiger partial charge in [0.2, 0.25) is 10.0 Å². The lowest BCUT2D eigenvalue weighted by molar-refractivity contribution is 0.0449. The summed E-state index contributed by atoms with van der Waals surface area (Å²) >= 11 is 0. The Labute approximate surface area is 147 Å². The molecule has 0 spiro atoms. The van der Waals surface area contributed by atoms with Gasteiger partial charge in [-0.3, -0.25) is 0 Å². The molecule has 134 valence electrons. The maximum Gasteiger partial charge on any atom is 0.338 e. The van der Waals surface area contributed by atoms with Crippen molar-refractivity contribution in [2.75, 3.05) is 20.3 Å². The smallest absolute Gasteiger partial charge is 0.338 e. The lowest BCUT2D eigenvalue weighted by Crippen LogP contribution is -2.18. The fourth-order valence-electron chi connectivity index (χ4n) is 2.28. The van der Waals surface area contributed by atoms with Crippen molar-refractivity contribution in [3.63, 3.8) is 0 Å². The van der Waals surface area contributed by atoms with Crippen molar-refractivity contribution in [3.05, 3.63) is 59.2 Å². The third kappa shape index (κ3) is 4.80. The monoisotopic (exact) mass is 363 g/mol. The summed E-state index contributed by atoms with van der Waals surface area (Å²) in [4.78, 5) is 12.1. The van der Waals surface area contributed by atoms with Gasteiger partial charge in [-0.15, -0.1) is 0 Å². The quantitative estimate of drug-likeness (QED) is 0.604. The number of rotatable bonds is 7. The highest BCUT2D eigenvalue weighted by Crippen LogP contribution is 2.22. The zero-order valence-corrected chi connectivity index (χ0v) is 15.2. The summed E-state index contributed by atoms with van der Waals surface area (Å²) in [6, 6.07) is 11.4. The predicted molar refractivity (Wildman–Crippen MR) is 94.4 cm³/mol. The Morgan fingerprint density at radius 2 is 1.60 bits per heavy atom. The van der Waals surface area contributed by atoms with Gasteiger partial charge in [0.15, 0.2) is 0 Å². The second kappa shape index (κ2) is 8.13. The highest BCUT2D eigenvalue weighted by atomic mass is 32.2. The Bertz CT molecular complexity index is 824. The van der Waals surface area contributed by atoms with Crippen molar-refractivity contribution >= 4 is 16.0 Å². The van der Waals surface area contributed by atoms with Crippen LogP contribution in [0.2, 0.25) is 0 Å². The summed E-state index contributed by atoms with van der Waals surface area (Å²) < 4.78 is 36.3. The molecule has 0 fully saturated rings. The van der Waals surface area contributed by atoms with Gasteiger partial charge in [-0.05, 0) is 56.3 Å². The first kappa shape index (κ1) is 19.0. The minimum atomic E-state index is -3.52. The molecule has 0 aliphatic rings. The van der Waals surface area contributed by atoms with E-state index in [2.05, 4.69) is 4.72 Å². The van der Waals surface area contributed by atoms with Crippen LogP contribution in [0, 0.1) is 13.8 Å². The number of carbonyl (C=O) groups excluding carboxylic acids is 1. The van der Waals surface area contributed by atoms with Crippen LogP contribution in [0.3, 0.4) is 0 Å². The molecule has 1 N–H and O–H groups in total. The van der Waals surface area contributed by atoms with Crippen molar-refractivity contribution in [2.45, 2.75) is 18.7 Å². The summed E-state index contributed by atoms with van der Waals surface area (Å²) in [5.74, 6) is 0.263. The van der Waals surface area contributed by atoms with Crippen LogP contribution in [0.4, 0.5) is 0 Å². The van der Waals surface area contributed by atoms with Crippen LogP contribution >= 0.6 is 0 Å². The fourth-order valence-corrected chi connectivity index (χ4v) is 3.01. The lowest BCUT2D eigenvalue weighted by Gasteiger charge is -2.12. The van der Waals surface area contributed by atoms with Crippen molar-refractivity contribution in [2.24, 2.45) is 0 Å². The largest absolute Gasteiger partial charge is 0.489 e. The molecule has 0 aliphatic heterocycles. The van der Waals surface area contributed by atoms with E-state index in [0.29, 0.717) is 0 Å². The van der Waals surface area contributed by atoms with Gasteiger partial charge in [0.25, 0.3) is 0 Å². The molecule has 0 bridgehead atoms. The van der Waals surface area contributed by atoms with Crippen LogP contribution in [0.25, 0.3) is 0 Å². The number of aryl methyl sites for hydroxylation is 2. The maximum atomic E-state index is 12.0. The summed E-state index contributed by atoms with van der Waals surface area (Å²) in [6.45, 7) is 4.25. The van der Waals surface area contributed by atoms with Crippen LogP contribution in [-0.4, -0.2) is 34.6 Å². The van der Waals surface area contributed by atoms with E-state index in [-0.39, 0.29) is 23.7 Å². The molecule has 0 radical (unpaired) electrons. The van der Waals surface area contributed by atoms with Gasteiger partial charge in [-0.2, -0.15) is 0 Å². The highest BCUT2D eigenvalue weighted by molar-refractivity contribution is 7.89. The number of sulfonamides is 1. The van der Waals surface area contributed by atoms with Gasteiger partial charge in [0.05, 0.1) is 10.5 Å². The van der Waals surface area contributed by atoms with E-state index in [1.165, 1.54) is 31.3 Å². The van der Waals surface area contributed by atoms with Crippen LogP contribution in [0.1, 0.15) is 21.5 Å². The van der Waals surface area contributed by atoms with Crippen molar-refractivity contribution in [1.29, 1.82) is 0 Å². The van der Waals surface area contributed by atoms with Gasteiger partial charge >= 0.3 is 5.97 Å². The molecule has 0 aliphatic carbocycles. The molecule has 6 nitrogen and oxygen atoms in total. The number of hydrogen-bond donors (Lipinski definition) is 1. The minimum Gasteiger partial charge on any atom is -0.489 e. The molecule has 2 rings (SSSR count). The number of benzene rings is 2. The maximum absolute atomic E-state index is 12.0. The Morgan fingerprint density at radius 3 is 2.16 bits per heavy atom. The third-order valence-electron chi connectivity index (χ3n) is 3.64. The van der Waals surface area contributed by atoms with E-state index in [1.807, 2.05) is 32.0 Å². The fraction of sp³-hybridized carbons (Fsp3) is 0.278. The average molecular weight is 363 g/mol. The number of nitrogens with one attached hydrogen (secondary N) is 1. The Hall–Kier alpha value is -2.38. The summed E-state index contributed by atoms with van der Waals surface area (Å²) in [5, 5.41) is 0. The molecule has 0 heterocycles. The number of esters is 1.